The predicted octanol–water partition coefficient (Wildman–Crippen LogP) is 2.19. The summed E-state index contributed by atoms with van der Waals surface area (Å²) in [7, 11) is 0. The van der Waals surface area contributed by atoms with E-state index in [-0.39, 0.29) is 11.5 Å². The summed E-state index contributed by atoms with van der Waals surface area (Å²) in [5, 5.41) is 11.2. The van der Waals surface area contributed by atoms with Crippen molar-refractivity contribution in [1.29, 1.82) is 5.26 Å². The Morgan fingerprint density at radius 1 is 1.22 bits per heavy atom. The number of nitrogens with two attached hydrogens (primary N) is 1. The zero-order valence-corrected chi connectivity index (χ0v) is 15.5. The summed E-state index contributed by atoms with van der Waals surface area (Å²) in [5.74, 6) is 0.125. The second-order valence-corrected chi connectivity index (χ2v) is 8.44. The lowest BCUT2D eigenvalue weighted by atomic mass is 9.70. The van der Waals surface area contributed by atoms with Gasteiger partial charge in [-0.2, -0.15) is 5.26 Å². The molecule has 0 aliphatic heterocycles. The van der Waals surface area contributed by atoms with E-state index in [1.54, 1.807) is 17.7 Å². The molecule has 27 heavy (non-hydrogen) atoms. The van der Waals surface area contributed by atoms with Crippen molar-refractivity contribution in [3.05, 3.63) is 44.1 Å². The van der Waals surface area contributed by atoms with Crippen LogP contribution in [-0.4, -0.2) is 19.9 Å². The summed E-state index contributed by atoms with van der Waals surface area (Å²) in [5.41, 5.74) is 7.91. The van der Waals surface area contributed by atoms with E-state index in [2.05, 4.69) is 26.0 Å². The number of rotatable bonds is 1. The van der Waals surface area contributed by atoms with Crippen LogP contribution in [0.5, 0.6) is 0 Å². The van der Waals surface area contributed by atoms with Gasteiger partial charge in [-0.15, -0.1) is 11.3 Å². The zero-order valence-electron chi connectivity index (χ0n) is 14.7. The van der Waals surface area contributed by atoms with Crippen molar-refractivity contribution in [3.63, 3.8) is 0 Å². The number of aryl methyl sites for hydroxylation is 3. The molecule has 2 aliphatic carbocycles. The van der Waals surface area contributed by atoms with Crippen LogP contribution in [0.2, 0.25) is 0 Å². The van der Waals surface area contributed by atoms with Gasteiger partial charge in [-0.1, -0.05) is 0 Å². The number of fused-ring (bicyclic) bond motifs is 4. The van der Waals surface area contributed by atoms with E-state index >= 15 is 0 Å². The molecule has 136 valence electrons. The molecule has 0 amide bonds. The molecule has 2 aliphatic rings. The van der Waals surface area contributed by atoms with E-state index in [1.807, 2.05) is 0 Å². The number of H-pyrrole nitrogens is 1. The van der Waals surface area contributed by atoms with Crippen LogP contribution in [0.1, 0.15) is 46.7 Å². The summed E-state index contributed by atoms with van der Waals surface area (Å²) in [6, 6.07) is 2.51. The molecule has 0 radical (unpaired) electrons. The monoisotopic (exact) mass is 378 g/mol. The molecular weight excluding hydrogens is 360 g/mol. The van der Waals surface area contributed by atoms with E-state index in [0.29, 0.717) is 30.5 Å². The summed E-state index contributed by atoms with van der Waals surface area (Å²) in [6.07, 6.45) is 7.39. The van der Waals surface area contributed by atoms with Gasteiger partial charge in [0.2, 0.25) is 5.95 Å². The Labute approximate surface area is 159 Å². The van der Waals surface area contributed by atoms with Crippen molar-refractivity contribution in [3.8, 4) is 6.07 Å². The number of hydrogen-bond donors (Lipinski definition) is 2. The van der Waals surface area contributed by atoms with Crippen molar-refractivity contribution in [2.24, 2.45) is 0 Å². The molecule has 3 aromatic heterocycles. The minimum atomic E-state index is -0.842. The molecule has 8 heteroatoms. The fraction of sp³-hybridized carbons (Fsp3) is 0.421. The lowest BCUT2D eigenvalue weighted by Crippen LogP contribution is -2.37. The van der Waals surface area contributed by atoms with Gasteiger partial charge >= 0.3 is 0 Å². The number of aromatic amines is 1. The zero-order chi connectivity index (χ0) is 18.6. The highest BCUT2D eigenvalue weighted by atomic mass is 32.1. The molecular formula is C19H18N6OS. The van der Waals surface area contributed by atoms with Gasteiger partial charge in [0.15, 0.2) is 0 Å². The fourth-order valence-corrected chi connectivity index (χ4v) is 5.71. The molecule has 0 saturated carbocycles. The Hall–Kier alpha value is -2.79. The average Bonchev–Trinajstić information content (AvgIpc) is 3.06. The lowest BCUT2D eigenvalue weighted by Gasteiger charge is -2.31. The molecule has 0 saturated heterocycles. The average molecular weight is 378 g/mol. The van der Waals surface area contributed by atoms with Gasteiger partial charge in [-0.25, -0.2) is 15.0 Å². The van der Waals surface area contributed by atoms with E-state index in [9.17, 15) is 10.1 Å². The molecule has 5 rings (SSSR count). The van der Waals surface area contributed by atoms with Gasteiger partial charge in [-0.05, 0) is 44.1 Å². The number of aromatic nitrogens is 4. The smallest absolute Gasteiger partial charge is 0.255 e. The molecule has 0 bridgehead atoms. The summed E-state index contributed by atoms with van der Waals surface area (Å²) in [6.45, 7) is 0. The molecule has 1 atom stereocenters. The van der Waals surface area contributed by atoms with E-state index in [4.69, 9.17) is 5.73 Å². The first-order valence-corrected chi connectivity index (χ1v) is 9.97. The SMILES string of the molecule is N#CC1(c2ncnc3sc4c(c23)CCCC4)CCc2nc(N)[nH]c(=O)c2C1. The number of nitrogens with zero attached hydrogens (tertiary/aromatic N) is 4. The lowest BCUT2D eigenvalue weighted by molar-refractivity contribution is 0.454. The Morgan fingerprint density at radius 2 is 2.07 bits per heavy atom. The first-order chi connectivity index (χ1) is 13.1. The van der Waals surface area contributed by atoms with Gasteiger partial charge < -0.3 is 5.73 Å². The summed E-state index contributed by atoms with van der Waals surface area (Å²) >= 11 is 1.72. The van der Waals surface area contributed by atoms with Crippen LogP contribution in [0.25, 0.3) is 10.2 Å². The topological polar surface area (TPSA) is 121 Å². The van der Waals surface area contributed by atoms with Crippen molar-refractivity contribution in [2.45, 2.75) is 50.4 Å². The molecule has 0 spiro atoms. The van der Waals surface area contributed by atoms with Crippen LogP contribution in [0, 0.1) is 11.3 Å². The van der Waals surface area contributed by atoms with E-state index in [0.717, 1.165) is 35.2 Å². The second-order valence-electron chi connectivity index (χ2n) is 7.36. The van der Waals surface area contributed by atoms with E-state index < -0.39 is 5.41 Å². The standard InChI is InChI=1S/C19H18N6OS/c20-8-19(6-5-12-11(7-19)16(26)25-18(21)24-12)15-14-10-3-1-2-4-13(10)27-17(14)23-9-22-15/h9H,1-7H2,(H3,21,24,25,26). The van der Waals surface area contributed by atoms with Crippen molar-refractivity contribution >= 4 is 27.5 Å². The third-order valence-corrected chi connectivity index (χ3v) is 7.01. The third kappa shape index (κ3) is 2.38. The largest absolute Gasteiger partial charge is 0.369 e. The van der Waals surface area contributed by atoms with Crippen LogP contribution >= 0.6 is 11.3 Å². The number of nitrogens with one attached hydrogen (secondary N) is 1. The molecule has 3 aromatic rings. The molecule has 7 nitrogen and oxygen atoms in total. The minimum absolute atomic E-state index is 0.125. The van der Waals surface area contributed by atoms with E-state index in [1.165, 1.54) is 16.9 Å². The minimum Gasteiger partial charge on any atom is -0.369 e. The van der Waals surface area contributed by atoms with Gasteiger partial charge in [0.25, 0.3) is 5.56 Å². The quantitative estimate of drug-likeness (QED) is 0.669. The Balaban J connectivity index is 1.72. The molecule has 3 heterocycles. The second kappa shape index (κ2) is 5.86. The van der Waals surface area contributed by atoms with Crippen LogP contribution in [0.3, 0.4) is 0 Å². The number of hydrogen-bond acceptors (Lipinski definition) is 7. The van der Waals surface area contributed by atoms with Gasteiger partial charge in [-0.3, -0.25) is 9.78 Å². The van der Waals surface area contributed by atoms with Gasteiger partial charge in [0.05, 0.1) is 17.5 Å². The Bertz CT molecular complexity index is 1170. The number of nitrogen functional groups attached to an aromatic ring is 1. The Morgan fingerprint density at radius 3 is 2.93 bits per heavy atom. The maximum atomic E-state index is 12.5. The van der Waals surface area contributed by atoms with Crippen molar-refractivity contribution in [1.82, 2.24) is 19.9 Å². The number of anilines is 1. The maximum absolute atomic E-state index is 12.5. The molecule has 0 fully saturated rings. The third-order valence-electron chi connectivity index (χ3n) is 5.81. The van der Waals surface area contributed by atoms with Crippen LogP contribution < -0.4 is 11.3 Å². The van der Waals surface area contributed by atoms with Crippen molar-refractivity contribution < 1.29 is 0 Å². The Kier molecular flexibility index (Phi) is 3.56. The summed E-state index contributed by atoms with van der Waals surface area (Å²) in [4.78, 5) is 30.7. The van der Waals surface area contributed by atoms with Crippen LogP contribution in [0.15, 0.2) is 11.1 Å². The highest BCUT2D eigenvalue weighted by Gasteiger charge is 2.42. The first-order valence-electron chi connectivity index (χ1n) is 9.16. The molecule has 3 N–H and O–H groups in total. The van der Waals surface area contributed by atoms with Gasteiger partial charge in [0, 0.05) is 22.2 Å². The number of nitriles is 1. The van der Waals surface area contributed by atoms with Crippen LogP contribution in [-0.2, 0) is 31.1 Å². The fourth-order valence-electron chi connectivity index (χ4n) is 4.48. The van der Waals surface area contributed by atoms with Crippen LogP contribution in [0.4, 0.5) is 5.95 Å². The molecule has 0 aromatic carbocycles. The highest BCUT2D eigenvalue weighted by molar-refractivity contribution is 7.18. The summed E-state index contributed by atoms with van der Waals surface area (Å²) < 4.78 is 0. The van der Waals surface area contributed by atoms with Gasteiger partial charge in [0.1, 0.15) is 16.6 Å². The normalized spacial score (nSPS) is 21.4. The number of thiophene rings is 1. The predicted molar refractivity (Wildman–Crippen MR) is 103 cm³/mol. The van der Waals surface area contributed by atoms with Crippen molar-refractivity contribution in [2.75, 3.05) is 5.73 Å². The molecule has 1 unspecified atom stereocenters. The first kappa shape index (κ1) is 16.4. The highest BCUT2D eigenvalue weighted by Crippen LogP contribution is 2.43. The maximum Gasteiger partial charge on any atom is 0.255 e.